The van der Waals surface area contributed by atoms with Crippen LogP contribution in [0.4, 0.5) is 4.39 Å². The van der Waals surface area contributed by atoms with E-state index in [1.54, 1.807) is 0 Å². The number of aryl methyl sites for hydroxylation is 1. The van der Waals surface area contributed by atoms with Crippen molar-refractivity contribution in [2.45, 2.75) is 19.6 Å². The molecule has 0 fully saturated rings. The minimum atomic E-state index is -1.15. The maximum Gasteiger partial charge on any atom is 0.155 e. The monoisotopic (exact) mass is 158 g/mol. The second kappa shape index (κ2) is 3.43. The number of nitrogens with zero attached hydrogens (tertiary/aromatic N) is 3. The molecule has 4 nitrogen and oxygen atoms in total. The highest BCUT2D eigenvalue weighted by Gasteiger charge is 2.12. The van der Waals surface area contributed by atoms with E-state index < -0.39 is 6.17 Å². The Balaban J connectivity index is 2.83. The van der Waals surface area contributed by atoms with E-state index in [4.69, 9.17) is 5.73 Å². The molecular formula is C6H11FN4. The summed E-state index contributed by atoms with van der Waals surface area (Å²) < 4.78 is 14.4. The fourth-order valence-electron chi connectivity index (χ4n) is 0.875. The highest BCUT2D eigenvalue weighted by molar-refractivity contribution is 4.99. The first-order chi connectivity index (χ1) is 5.29. The number of halogens is 1. The summed E-state index contributed by atoms with van der Waals surface area (Å²) in [5.74, 6) is 0. The van der Waals surface area contributed by atoms with Gasteiger partial charge in [-0.05, 0) is 6.92 Å². The van der Waals surface area contributed by atoms with E-state index in [1.807, 2.05) is 6.92 Å². The molecule has 62 valence electrons. The number of aromatic nitrogens is 3. The summed E-state index contributed by atoms with van der Waals surface area (Å²) in [5.41, 5.74) is 5.60. The van der Waals surface area contributed by atoms with Crippen LogP contribution in [0.3, 0.4) is 0 Å². The molecule has 0 bridgehead atoms. The molecule has 1 unspecified atom stereocenters. The Morgan fingerprint density at radius 1 is 1.82 bits per heavy atom. The van der Waals surface area contributed by atoms with Crippen molar-refractivity contribution in [2.24, 2.45) is 5.73 Å². The van der Waals surface area contributed by atoms with E-state index in [9.17, 15) is 4.39 Å². The molecule has 0 aromatic carbocycles. The predicted molar refractivity (Wildman–Crippen MR) is 38.6 cm³/mol. The standard InChI is InChI=1S/C6H11FN4/c1-2-11-6(4-9-10-11)5(7)3-8/h4-5H,2-3,8H2,1H3. The molecular weight excluding hydrogens is 147 g/mol. The first-order valence-corrected chi connectivity index (χ1v) is 3.52. The Kier molecular flexibility index (Phi) is 2.53. The Morgan fingerprint density at radius 3 is 3.09 bits per heavy atom. The summed E-state index contributed by atoms with van der Waals surface area (Å²) in [6.07, 6.45) is 0.256. The summed E-state index contributed by atoms with van der Waals surface area (Å²) in [4.78, 5) is 0. The lowest BCUT2D eigenvalue weighted by atomic mass is 10.3. The number of nitrogens with two attached hydrogens (primary N) is 1. The summed E-state index contributed by atoms with van der Waals surface area (Å²) in [6.45, 7) is 2.48. The van der Waals surface area contributed by atoms with Gasteiger partial charge in [-0.1, -0.05) is 5.21 Å². The minimum absolute atomic E-state index is 0.0205. The lowest BCUT2D eigenvalue weighted by Gasteiger charge is -2.04. The molecule has 1 aromatic heterocycles. The van der Waals surface area contributed by atoms with Crippen LogP contribution >= 0.6 is 0 Å². The van der Waals surface area contributed by atoms with Crippen molar-refractivity contribution in [3.05, 3.63) is 11.9 Å². The lowest BCUT2D eigenvalue weighted by molar-refractivity contribution is 0.329. The molecule has 0 aliphatic carbocycles. The molecule has 0 spiro atoms. The van der Waals surface area contributed by atoms with E-state index in [1.165, 1.54) is 10.9 Å². The van der Waals surface area contributed by atoms with Gasteiger partial charge in [-0.15, -0.1) is 5.10 Å². The SMILES string of the molecule is CCn1nncc1C(F)CN. The fraction of sp³-hybridized carbons (Fsp3) is 0.667. The molecule has 0 aliphatic rings. The van der Waals surface area contributed by atoms with Crippen molar-refractivity contribution < 1.29 is 4.39 Å². The number of alkyl halides is 1. The third kappa shape index (κ3) is 1.54. The molecule has 11 heavy (non-hydrogen) atoms. The van der Waals surface area contributed by atoms with E-state index in [0.717, 1.165) is 0 Å². The molecule has 5 heteroatoms. The second-order valence-electron chi connectivity index (χ2n) is 2.18. The molecule has 1 aromatic rings. The highest BCUT2D eigenvalue weighted by atomic mass is 19.1. The van der Waals surface area contributed by atoms with Crippen LogP contribution in [-0.2, 0) is 6.54 Å². The van der Waals surface area contributed by atoms with Crippen molar-refractivity contribution in [1.82, 2.24) is 15.0 Å². The molecule has 1 heterocycles. The largest absolute Gasteiger partial charge is 0.327 e. The van der Waals surface area contributed by atoms with E-state index in [0.29, 0.717) is 12.2 Å². The van der Waals surface area contributed by atoms with Gasteiger partial charge in [0.1, 0.15) is 0 Å². The zero-order valence-corrected chi connectivity index (χ0v) is 6.37. The van der Waals surface area contributed by atoms with Gasteiger partial charge >= 0.3 is 0 Å². The zero-order valence-electron chi connectivity index (χ0n) is 6.37. The Labute approximate surface area is 64.2 Å². The van der Waals surface area contributed by atoms with Gasteiger partial charge in [0.25, 0.3) is 0 Å². The Morgan fingerprint density at radius 2 is 2.55 bits per heavy atom. The molecule has 0 saturated carbocycles. The molecule has 1 atom stereocenters. The first-order valence-electron chi connectivity index (χ1n) is 3.52. The molecule has 2 N–H and O–H groups in total. The fourth-order valence-corrected chi connectivity index (χ4v) is 0.875. The zero-order chi connectivity index (χ0) is 8.27. The van der Waals surface area contributed by atoms with Crippen molar-refractivity contribution >= 4 is 0 Å². The van der Waals surface area contributed by atoms with Crippen LogP contribution in [0.2, 0.25) is 0 Å². The van der Waals surface area contributed by atoms with Gasteiger partial charge in [0.05, 0.1) is 11.9 Å². The maximum atomic E-state index is 12.9. The van der Waals surface area contributed by atoms with Crippen LogP contribution in [-0.4, -0.2) is 21.5 Å². The van der Waals surface area contributed by atoms with Crippen molar-refractivity contribution in [1.29, 1.82) is 0 Å². The molecule has 0 saturated heterocycles. The molecule has 0 radical (unpaired) electrons. The van der Waals surface area contributed by atoms with Gasteiger partial charge in [0.2, 0.25) is 0 Å². The molecule has 0 aliphatic heterocycles. The van der Waals surface area contributed by atoms with Crippen LogP contribution in [0.1, 0.15) is 18.8 Å². The maximum absolute atomic E-state index is 12.9. The summed E-state index contributed by atoms with van der Waals surface area (Å²) in [6, 6.07) is 0. The summed E-state index contributed by atoms with van der Waals surface area (Å²) >= 11 is 0. The first kappa shape index (κ1) is 8.13. The van der Waals surface area contributed by atoms with Crippen molar-refractivity contribution in [3.8, 4) is 0 Å². The average Bonchev–Trinajstić information content (AvgIpc) is 2.50. The Hall–Kier alpha value is -0.970. The number of hydrogen-bond acceptors (Lipinski definition) is 3. The van der Waals surface area contributed by atoms with E-state index in [-0.39, 0.29) is 6.54 Å². The van der Waals surface area contributed by atoms with Crippen LogP contribution in [0.25, 0.3) is 0 Å². The lowest BCUT2D eigenvalue weighted by Crippen LogP contribution is -2.12. The van der Waals surface area contributed by atoms with Crippen LogP contribution in [0, 0.1) is 0 Å². The predicted octanol–water partition coefficient (Wildman–Crippen LogP) is 0.267. The van der Waals surface area contributed by atoms with Crippen molar-refractivity contribution in [2.75, 3.05) is 6.54 Å². The van der Waals surface area contributed by atoms with Crippen LogP contribution < -0.4 is 5.73 Å². The number of hydrogen-bond donors (Lipinski definition) is 1. The van der Waals surface area contributed by atoms with Gasteiger partial charge < -0.3 is 5.73 Å². The van der Waals surface area contributed by atoms with Crippen molar-refractivity contribution in [3.63, 3.8) is 0 Å². The quantitative estimate of drug-likeness (QED) is 0.686. The third-order valence-electron chi connectivity index (χ3n) is 1.48. The summed E-state index contributed by atoms with van der Waals surface area (Å²) in [5, 5.41) is 7.25. The third-order valence-corrected chi connectivity index (χ3v) is 1.48. The van der Waals surface area contributed by atoms with E-state index >= 15 is 0 Å². The Bertz CT molecular complexity index is 222. The number of rotatable bonds is 3. The topological polar surface area (TPSA) is 56.7 Å². The summed E-state index contributed by atoms with van der Waals surface area (Å²) in [7, 11) is 0. The molecule has 1 rings (SSSR count). The van der Waals surface area contributed by atoms with Gasteiger partial charge in [0.15, 0.2) is 6.17 Å². The van der Waals surface area contributed by atoms with Gasteiger partial charge in [-0.25, -0.2) is 9.07 Å². The van der Waals surface area contributed by atoms with Crippen LogP contribution in [0.15, 0.2) is 6.20 Å². The van der Waals surface area contributed by atoms with E-state index in [2.05, 4.69) is 10.3 Å². The smallest absolute Gasteiger partial charge is 0.155 e. The average molecular weight is 158 g/mol. The van der Waals surface area contributed by atoms with Gasteiger partial charge in [-0.3, -0.25) is 0 Å². The molecule has 0 amide bonds. The van der Waals surface area contributed by atoms with Gasteiger partial charge in [-0.2, -0.15) is 0 Å². The second-order valence-corrected chi connectivity index (χ2v) is 2.18. The minimum Gasteiger partial charge on any atom is -0.327 e. The van der Waals surface area contributed by atoms with Crippen LogP contribution in [0.5, 0.6) is 0 Å². The normalized spacial score (nSPS) is 13.4. The van der Waals surface area contributed by atoms with Gasteiger partial charge in [0, 0.05) is 13.1 Å². The highest BCUT2D eigenvalue weighted by Crippen LogP contribution is 2.13.